The molecule has 1 unspecified atom stereocenters. The quantitative estimate of drug-likeness (QED) is 0.857. The highest BCUT2D eigenvalue weighted by molar-refractivity contribution is 7.17. The summed E-state index contributed by atoms with van der Waals surface area (Å²) in [6.45, 7) is 6.12. The summed E-state index contributed by atoms with van der Waals surface area (Å²) in [6, 6.07) is 6.76. The van der Waals surface area contributed by atoms with E-state index in [1.54, 1.807) is 11.3 Å². The molecule has 1 N–H and O–H groups in total. The van der Waals surface area contributed by atoms with E-state index >= 15 is 0 Å². The van der Waals surface area contributed by atoms with Gasteiger partial charge < -0.3 is 5.32 Å². The fourth-order valence-electron chi connectivity index (χ4n) is 1.92. The van der Waals surface area contributed by atoms with Crippen LogP contribution >= 0.6 is 11.3 Å². The zero-order valence-corrected chi connectivity index (χ0v) is 10.9. The largest absolute Gasteiger partial charge is 0.306 e. The van der Waals surface area contributed by atoms with Crippen LogP contribution in [0.25, 0.3) is 15.7 Å². The summed E-state index contributed by atoms with van der Waals surface area (Å²) >= 11 is 1.60. The van der Waals surface area contributed by atoms with Crippen molar-refractivity contribution >= 4 is 27.0 Å². The van der Waals surface area contributed by atoms with Gasteiger partial charge in [-0.1, -0.05) is 25.6 Å². The SMILES string of the molecule is C=C(c1ccc2ccsc2c1)C(NCC)C(F)F. The van der Waals surface area contributed by atoms with Crippen molar-refractivity contribution in [3.8, 4) is 0 Å². The Bertz CT molecular complexity index is 547. The van der Waals surface area contributed by atoms with E-state index in [1.807, 2.05) is 36.6 Å². The topological polar surface area (TPSA) is 12.0 Å². The molecule has 1 heterocycles. The molecule has 1 nitrogen and oxygen atoms in total. The van der Waals surface area contributed by atoms with Gasteiger partial charge in [0.25, 0.3) is 6.43 Å². The predicted molar refractivity (Wildman–Crippen MR) is 74.3 cm³/mol. The highest BCUT2D eigenvalue weighted by Gasteiger charge is 2.23. The highest BCUT2D eigenvalue weighted by Crippen LogP contribution is 2.27. The van der Waals surface area contributed by atoms with E-state index in [4.69, 9.17) is 0 Å². The van der Waals surface area contributed by atoms with E-state index < -0.39 is 12.5 Å². The Labute approximate surface area is 109 Å². The average Bonchev–Trinajstić information content (AvgIpc) is 2.81. The Morgan fingerprint density at radius 1 is 1.39 bits per heavy atom. The van der Waals surface area contributed by atoms with Gasteiger partial charge in [-0.25, -0.2) is 8.78 Å². The number of hydrogen-bond donors (Lipinski definition) is 1. The Hall–Kier alpha value is -1.26. The van der Waals surface area contributed by atoms with Crippen molar-refractivity contribution < 1.29 is 8.78 Å². The van der Waals surface area contributed by atoms with Crippen LogP contribution in [0.2, 0.25) is 0 Å². The summed E-state index contributed by atoms with van der Waals surface area (Å²) < 4.78 is 27.0. The van der Waals surface area contributed by atoms with E-state index in [2.05, 4.69) is 11.9 Å². The smallest absolute Gasteiger partial charge is 0.257 e. The van der Waals surface area contributed by atoms with Gasteiger partial charge in [-0.3, -0.25) is 0 Å². The van der Waals surface area contributed by atoms with Gasteiger partial charge in [0.2, 0.25) is 0 Å². The second-order valence-electron chi connectivity index (χ2n) is 4.07. The van der Waals surface area contributed by atoms with Crippen molar-refractivity contribution in [1.82, 2.24) is 5.32 Å². The lowest BCUT2D eigenvalue weighted by atomic mass is 10.00. The lowest BCUT2D eigenvalue weighted by Gasteiger charge is -2.19. The molecule has 0 aliphatic carbocycles. The number of fused-ring (bicyclic) bond motifs is 1. The molecule has 0 aliphatic rings. The molecule has 0 bridgehead atoms. The number of hydrogen-bond acceptors (Lipinski definition) is 2. The molecular weight excluding hydrogens is 252 g/mol. The first-order chi connectivity index (χ1) is 8.63. The summed E-state index contributed by atoms with van der Waals surface area (Å²) in [7, 11) is 0. The molecule has 96 valence electrons. The summed E-state index contributed by atoms with van der Waals surface area (Å²) in [6.07, 6.45) is -2.45. The third-order valence-corrected chi connectivity index (χ3v) is 3.76. The Morgan fingerprint density at radius 3 is 2.83 bits per heavy atom. The fourth-order valence-corrected chi connectivity index (χ4v) is 2.75. The zero-order valence-electron chi connectivity index (χ0n) is 10.1. The van der Waals surface area contributed by atoms with Crippen molar-refractivity contribution in [2.75, 3.05) is 6.54 Å². The second-order valence-corrected chi connectivity index (χ2v) is 5.02. The number of halogens is 2. The third-order valence-electron chi connectivity index (χ3n) is 2.88. The number of likely N-dealkylation sites (N-methyl/N-ethyl adjacent to an activating group) is 1. The lowest BCUT2D eigenvalue weighted by Crippen LogP contribution is -2.36. The van der Waals surface area contributed by atoms with E-state index in [1.165, 1.54) is 0 Å². The minimum atomic E-state index is -2.45. The molecule has 2 rings (SSSR count). The molecule has 0 saturated heterocycles. The van der Waals surface area contributed by atoms with Gasteiger partial charge in [-0.05, 0) is 40.6 Å². The molecule has 1 atom stereocenters. The molecule has 0 spiro atoms. The standard InChI is InChI=1S/C14H15F2NS/c1-3-17-13(14(15)16)9(2)11-5-4-10-6-7-18-12(10)8-11/h4-8,13-14,17H,2-3H2,1H3. The molecule has 0 fully saturated rings. The van der Waals surface area contributed by atoms with Crippen molar-refractivity contribution in [2.24, 2.45) is 0 Å². The van der Waals surface area contributed by atoms with Gasteiger partial charge in [0.15, 0.2) is 0 Å². The van der Waals surface area contributed by atoms with Crippen LogP contribution in [-0.2, 0) is 0 Å². The minimum absolute atomic E-state index is 0.446. The van der Waals surface area contributed by atoms with E-state index in [0.717, 1.165) is 15.6 Å². The van der Waals surface area contributed by atoms with Gasteiger partial charge >= 0.3 is 0 Å². The molecule has 1 aromatic heterocycles. The molecule has 0 saturated carbocycles. The first-order valence-electron chi connectivity index (χ1n) is 5.81. The van der Waals surface area contributed by atoms with Crippen LogP contribution < -0.4 is 5.32 Å². The Morgan fingerprint density at radius 2 is 2.17 bits per heavy atom. The maximum Gasteiger partial charge on any atom is 0.257 e. The molecular formula is C14H15F2NS. The van der Waals surface area contributed by atoms with Crippen LogP contribution in [0, 0.1) is 0 Å². The van der Waals surface area contributed by atoms with Gasteiger partial charge in [-0.2, -0.15) is 0 Å². The summed E-state index contributed by atoms with van der Waals surface area (Å²) in [5.41, 5.74) is 1.22. The first kappa shape index (κ1) is 13.2. The van der Waals surface area contributed by atoms with Gasteiger partial charge in [0.1, 0.15) is 0 Å². The van der Waals surface area contributed by atoms with Gasteiger partial charge in [-0.15, -0.1) is 11.3 Å². The van der Waals surface area contributed by atoms with Crippen LogP contribution in [0.3, 0.4) is 0 Å². The molecule has 0 radical (unpaired) electrons. The van der Waals surface area contributed by atoms with Crippen LogP contribution in [0.1, 0.15) is 12.5 Å². The summed E-state index contributed by atoms with van der Waals surface area (Å²) in [5.74, 6) is 0. The van der Waals surface area contributed by atoms with Crippen LogP contribution in [0.5, 0.6) is 0 Å². The normalized spacial score (nSPS) is 13.1. The van der Waals surface area contributed by atoms with Crippen LogP contribution in [-0.4, -0.2) is 19.0 Å². The zero-order chi connectivity index (χ0) is 13.1. The van der Waals surface area contributed by atoms with E-state index in [9.17, 15) is 8.78 Å². The number of alkyl halides is 2. The molecule has 0 aliphatic heterocycles. The number of rotatable bonds is 5. The second kappa shape index (κ2) is 5.59. The monoisotopic (exact) mass is 267 g/mol. The average molecular weight is 267 g/mol. The van der Waals surface area contributed by atoms with Crippen LogP contribution in [0.15, 0.2) is 36.2 Å². The van der Waals surface area contributed by atoms with Crippen molar-refractivity contribution in [2.45, 2.75) is 19.4 Å². The summed E-state index contributed by atoms with van der Waals surface area (Å²) in [5, 5.41) is 5.90. The Balaban J connectivity index is 2.30. The van der Waals surface area contributed by atoms with Gasteiger partial charge in [0.05, 0.1) is 6.04 Å². The minimum Gasteiger partial charge on any atom is -0.306 e. The van der Waals surface area contributed by atoms with Crippen molar-refractivity contribution in [3.63, 3.8) is 0 Å². The van der Waals surface area contributed by atoms with E-state index in [0.29, 0.717) is 12.1 Å². The molecule has 0 amide bonds. The molecule has 2 aromatic rings. The lowest BCUT2D eigenvalue weighted by molar-refractivity contribution is 0.122. The summed E-state index contributed by atoms with van der Waals surface area (Å²) in [4.78, 5) is 0. The van der Waals surface area contributed by atoms with Gasteiger partial charge in [0, 0.05) is 4.70 Å². The number of thiophene rings is 1. The molecule has 18 heavy (non-hydrogen) atoms. The molecule has 1 aromatic carbocycles. The maximum atomic E-state index is 13.0. The first-order valence-corrected chi connectivity index (χ1v) is 6.69. The predicted octanol–water partition coefficient (Wildman–Crippen LogP) is 4.16. The fraction of sp³-hybridized carbons (Fsp3) is 0.286. The van der Waals surface area contributed by atoms with Crippen LogP contribution in [0.4, 0.5) is 8.78 Å². The number of benzene rings is 1. The maximum absolute atomic E-state index is 13.0. The third kappa shape index (κ3) is 2.60. The Kier molecular flexibility index (Phi) is 4.09. The molecule has 4 heteroatoms. The van der Waals surface area contributed by atoms with Crippen molar-refractivity contribution in [1.29, 1.82) is 0 Å². The van der Waals surface area contributed by atoms with E-state index in [-0.39, 0.29) is 0 Å². The highest BCUT2D eigenvalue weighted by atomic mass is 32.1. The number of nitrogens with one attached hydrogen (secondary N) is 1. The van der Waals surface area contributed by atoms with Crippen molar-refractivity contribution in [3.05, 3.63) is 41.8 Å².